The lowest BCUT2D eigenvalue weighted by Crippen LogP contribution is -2.17. The van der Waals surface area contributed by atoms with Crippen molar-refractivity contribution in [2.45, 2.75) is 58.4 Å². The van der Waals surface area contributed by atoms with Crippen LogP contribution in [0.4, 0.5) is 5.82 Å². The Morgan fingerprint density at radius 3 is 2.74 bits per heavy atom. The van der Waals surface area contributed by atoms with Gasteiger partial charge in [0, 0.05) is 23.4 Å². The maximum atomic E-state index is 4.65. The van der Waals surface area contributed by atoms with E-state index in [1.54, 1.807) is 0 Å². The summed E-state index contributed by atoms with van der Waals surface area (Å²) in [6.07, 6.45) is 7.15. The number of aromatic nitrogens is 3. The van der Waals surface area contributed by atoms with Crippen molar-refractivity contribution in [1.82, 2.24) is 14.6 Å². The van der Waals surface area contributed by atoms with Crippen molar-refractivity contribution in [1.29, 1.82) is 0 Å². The number of aryl methyl sites for hydroxylation is 1. The van der Waals surface area contributed by atoms with Crippen molar-refractivity contribution in [2.24, 2.45) is 0 Å². The van der Waals surface area contributed by atoms with Gasteiger partial charge in [0.25, 0.3) is 0 Å². The second-order valence-corrected chi connectivity index (χ2v) is 5.90. The van der Waals surface area contributed by atoms with E-state index in [1.807, 2.05) is 10.7 Å². The molecule has 1 N–H and O–H groups in total. The highest BCUT2D eigenvalue weighted by Crippen LogP contribution is 2.25. The molecule has 102 valence electrons. The third-order valence-corrected chi connectivity index (χ3v) is 3.96. The molecule has 2 heterocycles. The average Bonchev–Trinajstić information content (AvgIpc) is 2.97. The van der Waals surface area contributed by atoms with Crippen LogP contribution in [0.5, 0.6) is 0 Å². The number of anilines is 1. The maximum absolute atomic E-state index is 4.65. The molecule has 1 aliphatic carbocycles. The van der Waals surface area contributed by atoms with Crippen LogP contribution in [0.25, 0.3) is 5.65 Å². The van der Waals surface area contributed by atoms with Gasteiger partial charge < -0.3 is 5.32 Å². The third-order valence-electron chi connectivity index (χ3n) is 3.96. The first-order valence-electron chi connectivity index (χ1n) is 7.27. The van der Waals surface area contributed by atoms with Crippen LogP contribution in [0.1, 0.15) is 56.7 Å². The highest BCUT2D eigenvalue weighted by Gasteiger charge is 2.18. The number of nitrogens with one attached hydrogen (secondary N) is 1. The summed E-state index contributed by atoms with van der Waals surface area (Å²) in [5, 5.41) is 8.15. The van der Waals surface area contributed by atoms with Gasteiger partial charge in [-0.1, -0.05) is 26.7 Å². The molecular weight excluding hydrogens is 236 g/mol. The third kappa shape index (κ3) is 2.31. The molecule has 0 spiro atoms. The summed E-state index contributed by atoms with van der Waals surface area (Å²) < 4.78 is 1.96. The number of hydrogen-bond donors (Lipinski definition) is 1. The molecule has 3 rings (SSSR count). The Morgan fingerprint density at radius 2 is 2.05 bits per heavy atom. The van der Waals surface area contributed by atoms with Crippen LogP contribution in [-0.4, -0.2) is 20.6 Å². The Balaban J connectivity index is 2.03. The quantitative estimate of drug-likeness (QED) is 0.916. The fourth-order valence-electron chi connectivity index (χ4n) is 2.89. The number of fused-ring (bicyclic) bond motifs is 1. The van der Waals surface area contributed by atoms with Crippen LogP contribution in [0.15, 0.2) is 12.3 Å². The summed E-state index contributed by atoms with van der Waals surface area (Å²) in [5.74, 6) is 1.53. The summed E-state index contributed by atoms with van der Waals surface area (Å²) in [7, 11) is 0. The lowest BCUT2D eigenvalue weighted by Gasteiger charge is -2.15. The van der Waals surface area contributed by atoms with Gasteiger partial charge in [0.2, 0.25) is 0 Å². The average molecular weight is 258 g/mol. The molecule has 4 nitrogen and oxygen atoms in total. The zero-order chi connectivity index (χ0) is 13.4. The fraction of sp³-hybridized carbons (Fsp3) is 0.600. The first-order chi connectivity index (χ1) is 9.15. The van der Waals surface area contributed by atoms with Gasteiger partial charge in [-0.05, 0) is 25.7 Å². The van der Waals surface area contributed by atoms with E-state index in [0.717, 1.165) is 17.2 Å². The first-order valence-corrected chi connectivity index (χ1v) is 7.27. The zero-order valence-corrected chi connectivity index (χ0v) is 12.0. The van der Waals surface area contributed by atoms with Gasteiger partial charge in [-0.15, -0.1) is 0 Å². The fourth-order valence-corrected chi connectivity index (χ4v) is 2.89. The molecule has 1 fully saturated rings. The molecule has 4 heteroatoms. The van der Waals surface area contributed by atoms with E-state index in [0.29, 0.717) is 12.0 Å². The lowest BCUT2D eigenvalue weighted by molar-refractivity contribution is 0.739. The molecule has 0 atom stereocenters. The van der Waals surface area contributed by atoms with E-state index >= 15 is 0 Å². The smallest absolute Gasteiger partial charge is 0.160 e. The Hall–Kier alpha value is -1.58. The molecule has 1 aliphatic rings. The standard InChI is InChI=1S/C15H22N4/c1-10(2)13-9-16-19-14(8-11(3)17-15(13)19)18-12-6-4-5-7-12/h8-10,12,18H,4-7H2,1-3H3. The van der Waals surface area contributed by atoms with Crippen LogP contribution in [0.3, 0.4) is 0 Å². The van der Waals surface area contributed by atoms with Crippen molar-refractivity contribution in [3.05, 3.63) is 23.5 Å². The molecule has 2 aromatic heterocycles. The number of nitrogens with zero attached hydrogens (tertiary/aromatic N) is 3. The monoisotopic (exact) mass is 258 g/mol. The van der Waals surface area contributed by atoms with Crippen LogP contribution in [-0.2, 0) is 0 Å². The SMILES string of the molecule is Cc1cc(NC2CCCC2)n2ncc(C(C)C)c2n1. The van der Waals surface area contributed by atoms with Crippen molar-refractivity contribution in [3.63, 3.8) is 0 Å². The van der Waals surface area contributed by atoms with E-state index < -0.39 is 0 Å². The number of rotatable bonds is 3. The Labute approximate surface area is 114 Å². The van der Waals surface area contributed by atoms with Gasteiger partial charge in [0.05, 0.1) is 6.20 Å². The van der Waals surface area contributed by atoms with Gasteiger partial charge in [-0.25, -0.2) is 4.98 Å². The molecule has 0 radical (unpaired) electrons. The summed E-state index contributed by atoms with van der Waals surface area (Å²) in [5.41, 5.74) is 3.27. The minimum absolute atomic E-state index is 0.450. The molecule has 1 saturated carbocycles. The van der Waals surface area contributed by atoms with E-state index in [1.165, 1.54) is 31.2 Å². The molecule has 0 saturated heterocycles. The Morgan fingerprint density at radius 1 is 1.32 bits per heavy atom. The Bertz CT molecular complexity index is 579. The second-order valence-electron chi connectivity index (χ2n) is 5.90. The van der Waals surface area contributed by atoms with Gasteiger partial charge in [0.1, 0.15) is 5.82 Å². The zero-order valence-electron chi connectivity index (χ0n) is 12.0. The second kappa shape index (κ2) is 4.83. The van der Waals surface area contributed by atoms with Crippen molar-refractivity contribution in [2.75, 3.05) is 5.32 Å². The lowest BCUT2D eigenvalue weighted by atomic mass is 10.1. The van der Waals surface area contributed by atoms with Crippen LogP contribution in [0, 0.1) is 6.92 Å². The van der Waals surface area contributed by atoms with Gasteiger partial charge in [0.15, 0.2) is 5.65 Å². The summed E-state index contributed by atoms with van der Waals surface area (Å²) >= 11 is 0. The van der Waals surface area contributed by atoms with Gasteiger partial charge in [-0.2, -0.15) is 9.61 Å². The van der Waals surface area contributed by atoms with Crippen molar-refractivity contribution >= 4 is 11.5 Å². The highest BCUT2D eigenvalue weighted by molar-refractivity contribution is 5.55. The minimum atomic E-state index is 0.450. The summed E-state index contributed by atoms with van der Waals surface area (Å²) in [6, 6.07) is 2.69. The summed E-state index contributed by atoms with van der Waals surface area (Å²) in [4.78, 5) is 4.65. The largest absolute Gasteiger partial charge is 0.367 e. The van der Waals surface area contributed by atoms with E-state index in [4.69, 9.17) is 0 Å². The van der Waals surface area contributed by atoms with Crippen molar-refractivity contribution < 1.29 is 0 Å². The predicted molar refractivity (Wildman–Crippen MR) is 77.7 cm³/mol. The maximum Gasteiger partial charge on any atom is 0.160 e. The van der Waals surface area contributed by atoms with Crippen LogP contribution in [0.2, 0.25) is 0 Å². The van der Waals surface area contributed by atoms with Crippen molar-refractivity contribution in [3.8, 4) is 0 Å². The predicted octanol–water partition coefficient (Wildman–Crippen LogP) is 3.52. The molecule has 0 bridgehead atoms. The molecule has 0 amide bonds. The van der Waals surface area contributed by atoms with E-state index in [2.05, 4.69) is 42.2 Å². The van der Waals surface area contributed by atoms with Gasteiger partial charge in [-0.3, -0.25) is 0 Å². The molecule has 0 unspecified atom stereocenters. The van der Waals surface area contributed by atoms with Crippen LogP contribution < -0.4 is 5.32 Å². The normalized spacial score (nSPS) is 16.6. The number of hydrogen-bond acceptors (Lipinski definition) is 3. The molecule has 0 aromatic carbocycles. The molecule has 19 heavy (non-hydrogen) atoms. The minimum Gasteiger partial charge on any atom is -0.367 e. The topological polar surface area (TPSA) is 42.2 Å². The Kier molecular flexibility index (Phi) is 3.17. The molecule has 2 aromatic rings. The van der Waals surface area contributed by atoms with E-state index in [-0.39, 0.29) is 0 Å². The molecular formula is C15H22N4. The molecule has 0 aliphatic heterocycles. The van der Waals surface area contributed by atoms with E-state index in [9.17, 15) is 0 Å². The summed E-state index contributed by atoms with van der Waals surface area (Å²) in [6.45, 7) is 6.42. The van der Waals surface area contributed by atoms with Crippen LogP contribution >= 0.6 is 0 Å². The first kappa shape index (κ1) is 12.5. The highest BCUT2D eigenvalue weighted by atomic mass is 15.3. The van der Waals surface area contributed by atoms with Gasteiger partial charge >= 0.3 is 0 Å².